The van der Waals surface area contributed by atoms with E-state index >= 15 is 0 Å². The van der Waals surface area contributed by atoms with Crippen LogP contribution in [0.3, 0.4) is 0 Å². The van der Waals surface area contributed by atoms with Crippen LogP contribution in [0.4, 0.5) is 0 Å². The molecule has 0 aliphatic carbocycles. The standard InChI is InChI=1S/C51H31N3OS/c1-4-14-32(15-5-1)35-26-28-45-43(30-35)39-22-12-24-41(47(39)55-45)50-52-49(34-18-8-3-9-19-34)53-51(54-50)42-25-13-23-40-44-31-36(27-29-46(44)56-48(40)42)38-21-11-10-20-37(38)33-16-6-2-7-17-33/h1-31H. The van der Waals surface area contributed by atoms with Gasteiger partial charge in [-0.05, 0) is 69.8 Å². The second kappa shape index (κ2) is 13.3. The number of hydrogen-bond acceptors (Lipinski definition) is 5. The van der Waals surface area contributed by atoms with Crippen molar-refractivity contribution >= 4 is 53.4 Å². The summed E-state index contributed by atoms with van der Waals surface area (Å²) < 4.78 is 8.97. The molecule has 0 N–H and O–H groups in total. The van der Waals surface area contributed by atoms with Crippen LogP contribution >= 0.6 is 11.3 Å². The molecule has 8 aromatic carbocycles. The average molecular weight is 734 g/mol. The Labute approximate surface area is 327 Å². The van der Waals surface area contributed by atoms with Gasteiger partial charge in [-0.2, -0.15) is 0 Å². The van der Waals surface area contributed by atoms with E-state index in [9.17, 15) is 0 Å². The lowest BCUT2D eigenvalue weighted by atomic mass is 9.94. The molecule has 0 saturated heterocycles. The fourth-order valence-corrected chi connectivity index (χ4v) is 9.06. The minimum absolute atomic E-state index is 0.569. The predicted octanol–water partition coefficient (Wildman–Crippen LogP) is 14.1. The molecule has 3 heterocycles. The predicted molar refractivity (Wildman–Crippen MR) is 233 cm³/mol. The van der Waals surface area contributed by atoms with Gasteiger partial charge in [0, 0.05) is 42.1 Å². The van der Waals surface area contributed by atoms with Crippen LogP contribution in [0.5, 0.6) is 0 Å². The molecule has 56 heavy (non-hydrogen) atoms. The number of fused-ring (bicyclic) bond motifs is 6. The molecule has 4 nitrogen and oxygen atoms in total. The number of thiophene rings is 1. The first-order valence-corrected chi connectivity index (χ1v) is 19.5. The van der Waals surface area contributed by atoms with Gasteiger partial charge in [0.1, 0.15) is 11.2 Å². The third kappa shape index (κ3) is 5.48. The van der Waals surface area contributed by atoms with Crippen molar-refractivity contribution in [2.24, 2.45) is 0 Å². The second-order valence-corrected chi connectivity index (χ2v) is 15.0. The van der Waals surface area contributed by atoms with E-state index in [2.05, 4.69) is 146 Å². The van der Waals surface area contributed by atoms with Crippen molar-refractivity contribution in [1.82, 2.24) is 15.0 Å². The highest BCUT2D eigenvalue weighted by molar-refractivity contribution is 7.26. The Bertz CT molecular complexity index is 3240. The largest absolute Gasteiger partial charge is 0.455 e. The summed E-state index contributed by atoms with van der Waals surface area (Å²) in [6.45, 7) is 0. The van der Waals surface area contributed by atoms with E-state index in [-0.39, 0.29) is 0 Å². The number of para-hydroxylation sites is 1. The Kier molecular flexibility index (Phi) is 7.64. The molecule has 262 valence electrons. The summed E-state index contributed by atoms with van der Waals surface area (Å²) in [5, 5.41) is 4.47. The molecule has 0 unspecified atom stereocenters. The normalized spacial score (nSPS) is 11.6. The van der Waals surface area contributed by atoms with E-state index in [1.165, 1.54) is 37.7 Å². The topological polar surface area (TPSA) is 51.8 Å². The molecular formula is C51H31N3OS. The summed E-state index contributed by atoms with van der Waals surface area (Å²) in [4.78, 5) is 15.5. The number of furan rings is 1. The molecule has 0 fully saturated rings. The second-order valence-electron chi connectivity index (χ2n) is 13.9. The van der Waals surface area contributed by atoms with Crippen molar-refractivity contribution < 1.29 is 4.42 Å². The van der Waals surface area contributed by atoms with E-state index in [0.717, 1.165) is 54.5 Å². The zero-order valence-corrected chi connectivity index (χ0v) is 30.9. The molecule has 11 rings (SSSR count). The Balaban J connectivity index is 1.08. The Morgan fingerprint density at radius 1 is 0.339 bits per heavy atom. The number of hydrogen-bond donors (Lipinski definition) is 0. The molecule has 0 amide bonds. The zero-order chi connectivity index (χ0) is 37.0. The molecular weight excluding hydrogens is 703 g/mol. The van der Waals surface area contributed by atoms with Crippen LogP contribution in [0.15, 0.2) is 192 Å². The number of nitrogens with zero attached hydrogens (tertiary/aromatic N) is 3. The summed E-state index contributed by atoms with van der Waals surface area (Å²) in [7, 11) is 0. The van der Waals surface area contributed by atoms with Crippen molar-refractivity contribution in [3.8, 4) is 67.5 Å². The SMILES string of the molecule is c1ccc(-c2ccc3oc4c(-c5nc(-c6ccccc6)nc(-c6cccc7c6sc6ccc(-c8ccccc8-c8ccccc8)cc67)n5)cccc4c3c2)cc1. The van der Waals surface area contributed by atoms with Crippen LogP contribution < -0.4 is 0 Å². The summed E-state index contributed by atoms with van der Waals surface area (Å²) >= 11 is 1.78. The highest BCUT2D eigenvalue weighted by Crippen LogP contribution is 2.43. The van der Waals surface area contributed by atoms with Crippen molar-refractivity contribution in [2.75, 3.05) is 0 Å². The number of benzene rings is 8. The van der Waals surface area contributed by atoms with Crippen molar-refractivity contribution in [1.29, 1.82) is 0 Å². The fourth-order valence-electron chi connectivity index (χ4n) is 7.86. The minimum atomic E-state index is 0.569. The molecule has 0 aliphatic heterocycles. The maximum atomic E-state index is 6.62. The van der Waals surface area contributed by atoms with Crippen LogP contribution in [0.1, 0.15) is 0 Å². The summed E-state index contributed by atoms with van der Waals surface area (Å²) in [5.41, 5.74) is 11.4. The zero-order valence-electron chi connectivity index (χ0n) is 30.1. The van der Waals surface area contributed by atoms with Gasteiger partial charge in [-0.15, -0.1) is 11.3 Å². The van der Waals surface area contributed by atoms with Crippen LogP contribution in [0.25, 0.3) is 110 Å². The monoisotopic (exact) mass is 733 g/mol. The van der Waals surface area contributed by atoms with Crippen LogP contribution in [0.2, 0.25) is 0 Å². The van der Waals surface area contributed by atoms with Crippen LogP contribution in [0, 0.1) is 0 Å². The molecule has 0 bridgehead atoms. The minimum Gasteiger partial charge on any atom is -0.455 e. The quantitative estimate of drug-likeness (QED) is 0.171. The molecule has 11 aromatic rings. The highest BCUT2D eigenvalue weighted by atomic mass is 32.1. The first kappa shape index (κ1) is 32.2. The molecule has 0 atom stereocenters. The molecule has 5 heteroatoms. The van der Waals surface area contributed by atoms with Gasteiger partial charge in [-0.1, -0.05) is 152 Å². The van der Waals surface area contributed by atoms with Gasteiger partial charge in [-0.25, -0.2) is 15.0 Å². The van der Waals surface area contributed by atoms with E-state index in [0.29, 0.717) is 17.5 Å². The number of aromatic nitrogens is 3. The summed E-state index contributed by atoms with van der Waals surface area (Å²) in [5.74, 6) is 1.81. The van der Waals surface area contributed by atoms with Crippen molar-refractivity contribution in [2.45, 2.75) is 0 Å². The van der Waals surface area contributed by atoms with Crippen molar-refractivity contribution in [3.05, 3.63) is 188 Å². The van der Waals surface area contributed by atoms with Gasteiger partial charge in [0.2, 0.25) is 0 Å². The Hall–Kier alpha value is -7.21. The van der Waals surface area contributed by atoms with Gasteiger partial charge < -0.3 is 4.42 Å². The summed E-state index contributed by atoms with van der Waals surface area (Å²) in [6.07, 6.45) is 0. The van der Waals surface area contributed by atoms with E-state index in [4.69, 9.17) is 19.4 Å². The van der Waals surface area contributed by atoms with E-state index < -0.39 is 0 Å². The van der Waals surface area contributed by atoms with E-state index in [1.54, 1.807) is 11.3 Å². The Morgan fingerprint density at radius 3 is 1.64 bits per heavy atom. The third-order valence-corrected chi connectivity index (χ3v) is 11.8. The third-order valence-electron chi connectivity index (χ3n) is 10.6. The van der Waals surface area contributed by atoms with E-state index in [1.807, 2.05) is 42.5 Å². The molecule has 0 saturated carbocycles. The van der Waals surface area contributed by atoms with Gasteiger partial charge in [0.15, 0.2) is 17.5 Å². The van der Waals surface area contributed by atoms with Crippen LogP contribution in [-0.2, 0) is 0 Å². The summed E-state index contributed by atoms with van der Waals surface area (Å²) in [6, 6.07) is 65.7. The van der Waals surface area contributed by atoms with Gasteiger partial charge in [0.25, 0.3) is 0 Å². The van der Waals surface area contributed by atoms with Gasteiger partial charge in [0.05, 0.1) is 5.56 Å². The van der Waals surface area contributed by atoms with Crippen molar-refractivity contribution in [3.63, 3.8) is 0 Å². The molecule has 0 radical (unpaired) electrons. The van der Waals surface area contributed by atoms with Crippen LogP contribution in [-0.4, -0.2) is 15.0 Å². The van der Waals surface area contributed by atoms with Gasteiger partial charge >= 0.3 is 0 Å². The maximum Gasteiger partial charge on any atom is 0.167 e. The fraction of sp³-hybridized carbons (Fsp3) is 0. The molecule has 3 aromatic heterocycles. The first-order valence-electron chi connectivity index (χ1n) is 18.7. The Morgan fingerprint density at radius 2 is 0.893 bits per heavy atom. The lowest BCUT2D eigenvalue weighted by molar-refractivity contribution is 0.669. The van der Waals surface area contributed by atoms with Gasteiger partial charge in [-0.3, -0.25) is 0 Å². The molecule has 0 aliphatic rings. The maximum absolute atomic E-state index is 6.62. The molecule has 0 spiro atoms. The lowest BCUT2D eigenvalue weighted by Crippen LogP contribution is -2.00. The lowest BCUT2D eigenvalue weighted by Gasteiger charge is -2.10. The number of rotatable bonds is 6. The average Bonchev–Trinajstić information content (AvgIpc) is 3.85. The first-order chi connectivity index (χ1) is 27.7. The smallest absolute Gasteiger partial charge is 0.167 e. The highest BCUT2D eigenvalue weighted by Gasteiger charge is 2.20.